The number of hydrogen-bond donors (Lipinski definition) is 1. The maximum atomic E-state index is 5.01. The highest BCUT2D eigenvalue weighted by atomic mass is 32.2. The predicted molar refractivity (Wildman–Crippen MR) is 143 cm³/mol. The van der Waals surface area contributed by atoms with Gasteiger partial charge < -0.3 is 9.47 Å². The molecule has 2 aliphatic rings. The van der Waals surface area contributed by atoms with Crippen LogP contribution in [-0.2, 0) is 19.4 Å². The van der Waals surface area contributed by atoms with Gasteiger partial charge in [0.25, 0.3) is 0 Å². The standard InChI is InChI=1S/C27H35N5S2/c1-17(2)19(4)31-11-8-20(9-12-31)10-13-32-26-25(18(3)28-16-29-26)30-27(32)34-24-15-22-7-5-6-21(22)14-23(24)33/h14-17,20,33H,4-13H2,1-3H3. The molecule has 5 rings (SSSR count). The summed E-state index contributed by atoms with van der Waals surface area (Å²) in [5.41, 5.74) is 7.00. The number of benzene rings is 1. The molecule has 0 radical (unpaired) electrons. The lowest BCUT2D eigenvalue weighted by molar-refractivity contribution is 0.201. The number of hydrogen-bond acceptors (Lipinski definition) is 6. The van der Waals surface area contributed by atoms with E-state index in [1.165, 1.54) is 53.8 Å². The van der Waals surface area contributed by atoms with Crippen molar-refractivity contribution in [3.05, 3.63) is 47.6 Å². The zero-order chi connectivity index (χ0) is 23.8. The van der Waals surface area contributed by atoms with Crippen LogP contribution in [0.1, 0.15) is 56.4 Å². The SMILES string of the molecule is C=C(C(C)C)N1CCC(CCn2c(Sc3cc4c(cc3S)CCC4)nc3c(C)ncnc32)CC1. The highest BCUT2D eigenvalue weighted by molar-refractivity contribution is 7.99. The van der Waals surface area contributed by atoms with E-state index < -0.39 is 0 Å². The van der Waals surface area contributed by atoms with Crippen LogP contribution in [0, 0.1) is 18.8 Å². The van der Waals surface area contributed by atoms with Crippen molar-refractivity contribution >= 4 is 35.6 Å². The second kappa shape index (κ2) is 9.94. The molecule has 1 aliphatic heterocycles. The Bertz CT molecular complexity index is 1210. The van der Waals surface area contributed by atoms with E-state index in [2.05, 4.69) is 52.0 Å². The fourth-order valence-electron chi connectivity index (χ4n) is 5.26. The smallest absolute Gasteiger partial charge is 0.175 e. The second-order valence-corrected chi connectivity index (χ2v) is 11.6. The van der Waals surface area contributed by atoms with Gasteiger partial charge in [0, 0.05) is 35.1 Å². The molecule has 7 heteroatoms. The topological polar surface area (TPSA) is 46.8 Å². The Balaban J connectivity index is 1.36. The van der Waals surface area contributed by atoms with E-state index in [0.29, 0.717) is 5.92 Å². The molecule has 0 unspecified atom stereocenters. The fourth-order valence-corrected chi connectivity index (χ4v) is 6.61. The third kappa shape index (κ3) is 4.74. The van der Waals surface area contributed by atoms with Gasteiger partial charge >= 0.3 is 0 Å². The number of rotatable bonds is 7. The monoisotopic (exact) mass is 493 g/mol. The highest BCUT2D eigenvalue weighted by Crippen LogP contribution is 2.38. The van der Waals surface area contributed by atoms with Gasteiger partial charge in [-0.05, 0) is 80.5 Å². The maximum absolute atomic E-state index is 5.01. The summed E-state index contributed by atoms with van der Waals surface area (Å²) in [6.45, 7) is 14.0. The molecule has 1 saturated heterocycles. The van der Waals surface area contributed by atoms with Crippen LogP contribution in [0.3, 0.4) is 0 Å². The Morgan fingerprint density at radius 1 is 1.18 bits per heavy atom. The summed E-state index contributed by atoms with van der Waals surface area (Å²) in [5.74, 6) is 1.24. The fraction of sp³-hybridized carbons (Fsp3) is 0.519. The zero-order valence-corrected chi connectivity index (χ0v) is 22.3. The van der Waals surface area contributed by atoms with Crippen LogP contribution in [0.15, 0.2) is 45.7 Å². The Morgan fingerprint density at radius 2 is 1.91 bits per heavy atom. The van der Waals surface area contributed by atoms with Crippen LogP contribution in [0.5, 0.6) is 0 Å². The minimum absolute atomic E-state index is 0.521. The maximum Gasteiger partial charge on any atom is 0.175 e. The van der Waals surface area contributed by atoms with E-state index in [1.54, 1.807) is 18.1 Å². The minimum atomic E-state index is 0.521. The van der Waals surface area contributed by atoms with Crippen molar-refractivity contribution in [2.45, 2.75) is 80.8 Å². The number of aryl methyl sites for hydroxylation is 4. The molecule has 1 aromatic carbocycles. The van der Waals surface area contributed by atoms with Crippen molar-refractivity contribution in [2.75, 3.05) is 13.1 Å². The first-order chi connectivity index (χ1) is 16.4. The second-order valence-electron chi connectivity index (χ2n) is 10.1. The number of piperidine rings is 1. The van der Waals surface area contributed by atoms with Crippen molar-refractivity contribution in [1.29, 1.82) is 0 Å². The molecule has 3 heterocycles. The van der Waals surface area contributed by atoms with Gasteiger partial charge in [-0.25, -0.2) is 15.0 Å². The highest BCUT2D eigenvalue weighted by Gasteiger charge is 2.23. The molecule has 0 bridgehead atoms. The first kappa shape index (κ1) is 23.7. The summed E-state index contributed by atoms with van der Waals surface area (Å²) in [7, 11) is 0. The van der Waals surface area contributed by atoms with Gasteiger partial charge in [0.1, 0.15) is 11.8 Å². The molecule has 34 heavy (non-hydrogen) atoms. The lowest BCUT2D eigenvalue weighted by Gasteiger charge is -2.36. The first-order valence-corrected chi connectivity index (χ1v) is 13.8. The van der Waals surface area contributed by atoms with Crippen LogP contribution in [0.4, 0.5) is 0 Å². The molecule has 0 atom stereocenters. The van der Waals surface area contributed by atoms with Crippen molar-refractivity contribution in [3.8, 4) is 0 Å². The molecule has 1 aliphatic carbocycles. The number of imidazole rings is 1. The van der Waals surface area contributed by atoms with E-state index in [9.17, 15) is 0 Å². The molecule has 180 valence electrons. The summed E-state index contributed by atoms with van der Waals surface area (Å²) in [6.07, 6.45) is 8.83. The molecule has 0 spiro atoms. The summed E-state index contributed by atoms with van der Waals surface area (Å²) < 4.78 is 2.31. The lowest BCUT2D eigenvalue weighted by Crippen LogP contribution is -2.34. The molecule has 3 aromatic rings. The third-order valence-electron chi connectivity index (χ3n) is 7.50. The summed E-state index contributed by atoms with van der Waals surface area (Å²) in [6, 6.07) is 4.58. The molecule has 5 nitrogen and oxygen atoms in total. The van der Waals surface area contributed by atoms with Crippen LogP contribution in [0.2, 0.25) is 0 Å². The quantitative estimate of drug-likeness (QED) is 0.389. The van der Waals surface area contributed by atoms with Gasteiger partial charge in [-0.15, -0.1) is 12.6 Å². The Kier molecular flexibility index (Phi) is 6.94. The van der Waals surface area contributed by atoms with Crippen molar-refractivity contribution in [3.63, 3.8) is 0 Å². The van der Waals surface area contributed by atoms with E-state index >= 15 is 0 Å². The lowest BCUT2D eigenvalue weighted by atomic mass is 9.92. The van der Waals surface area contributed by atoms with Crippen LogP contribution < -0.4 is 0 Å². The molecule has 0 saturated carbocycles. The number of aromatic nitrogens is 4. The van der Waals surface area contributed by atoms with Crippen molar-refractivity contribution in [1.82, 2.24) is 24.4 Å². The van der Waals surface area contributed by atoms with Gasteiger partial charge in [0.05, 0.1) is 5.69 Å². The van der Waals surface area contributed by atoms with E-state index in [-0.39, 0.29) is 0 Å². The van der Waals surface area contributed by atoms with Crippen LogP contribution in [0.25, 0.3) is 11.2 Å². The molecule has 1 fully saturated rings. The predicted octanol–water partition coefficient (Wildman–Crippen LogP) is 6.34. The van der Waals surface area contributed by atoms with Crippen LogP contribution >= 0.6 is 24.4 Å². The average Bonchev–Trinajstić information content (AvgIpc) is 3.42. The normalized spacial score (nSPS) is 16.6. The van der Waals surface area contributed by atoms with Gasteiger partial charge in [0.15, 0.2) is 10.8 Å². The Morgan fingerprint density at radius 3 is 2.65 bits per heavy atom. The first-order valence-electron chi connectivity index (χ1n) is 12.5. The number of nitrogens with zero attached hydrogens (tertiary/aromatic N) is 5. The molecular formula is C27H35N5S2. The van der Waals surface area contributed by atoms with Crippen molar-refractivity contribution in [2.24, 2.45) is 11.8 Å². The molecule has 2 aromatic heterocycles. The molecule has 0 amide bonds. The van der Waals surface area contributed by atoms with Gasteiger partial charge in [-0.3, -0.25) is 0 Å². The van der Waals surface area contributed by atoms with Gasteiger partial charge in [-0.1, -0.05) is 32.2 Å². The van der Waals surface area contributed by atoms with Gasteiger partial charge in [0.2, 0.25) is 0 Å². The van der Waals surface area contributed by atoms with E-state index in [0.717, 1.165) is 58.9 Å². The van der Waals surface area contributed by atoms with Gasteiger partial charge in [-0.2, -0.15) is 0 Å². The minimum Gasteiger partial charge on any atom is -0.375 e. The van der Waals surface area contributed by atoms with Crippen molar-refractivity contribution < 1.29 is 0 Å². The number of fused-ring (bicyclic) bond motifs is 2. The number of likely N-dealkylation sites (tertiary alicyclic amines) is 1. The number of thiol groups is 1. The Labute approximate surface area is 212 Å². The summed E-state index contributed by atoms with van der Waals surface area (Å²) in [5, 5.41) is 0.998. The third-order valence-corrected chi connectivity index (χ3v) is 9.08. The zero-order valence-electron chi connectivity index (χ0n) is 20.5. The summed E-state index contributed by atoms with van der Waals surface area (Å²) in [4.78, 5) is 18.8. The number of allylic oxidation sites excluding steroid dienone is 1. The molecular weight excluding hydrogens is 458 g/mol. The average molecular weight is 494 g/mol. The largest absolute Gasteiger partial charge is 0.375 e. The van der Waals surface area contributed by atoms with E-state index in [1.807, 2.05) is 6.92 Å². The Hall–Kier alpha value is -1.99. The van der Waals surface area contributed by atoms with Crippen LogP contribution in [-0.4, -0.2) is 37.5 Å². The van der Waals surface area contributed by atoms with E-state index in [4.69, 9.17) is 17.6 Å². The molecule has 0 N–H and O–H groups in total. The summed E-state index contributed by atoms with van der Waals surface area (Å²) >= 11 is 6.54.